The number of rotatable bonds is 5. The number of benzene rings is 1. The van der Waals surface area contributed by atoms with Crippen LogP contribution in [0.2, 0.25) is 0 Å². The van der Waals surface area contributed by atoms with Crippen LogP contribution < -0.4 is 4.90 Å². The highest BCUT2D eigenvalue weighted by atomic mass is 16.3. The number of aliphatic hydroxyl groups is 1. The van der Waals surface area contributed by atoms with E-state index in [-0.39, 0.29) is 11.8 Å². The van der Waals surface area contributed by atoms with Crippen LogP contribution >= 0.6 is 0 Å². The Balaban J connectivity index is 2.25. The fourth-order valence-electron chi connectivity index (χ4n) is 3.14. The second-order valence-electron chi connectivity index (χ2n) is 5.95. The summed E-state index contributed by atoms with van der Waals surface area (Å²) >= 11 is 0. The smallest absolute Gasteiger partial charge is 0.230 e. The summed E-state index contributed by atoms with van der Waals surface area (Å²) in [6.07, 6.45) is 5.21. The first kappa shape index (κ1) is 16.0. The van der Waals surface area contributed by atoms with Crippen LogP contribution in [0.1, 0.15) is 64.0 Å². The van der Waals surface area contributed by atoms with E-state index >= 15 is 0 Å². The maximum Gasteiger partial charge on any atom is 0.230 e. The second-order valence-corrected chi connectivity index (χ2v) is 5.95. The highest BCUT2D eigenvalue weighted by Gasteiger charge is 2.28. The fourth-order valence-corrected chi connectivity index (χ4v) is 3.14. The van der Waals surface area contributed by atoms with Crippen LogP contribution in [-0.2, 0) is 4.79 Å². The molecule has 1 aromatic carbocycles. The second kappa shape index (κ2) is 7.60. The van der Waals surface area contributed by atoms with Crippen molar-refractivity contribution < 1.29 is 9.90 Å². The molecule has 21 heavy (non-hydrogen) atoms. The molecule has 0 aromatic heterocycles. The maximum atomic E-state index is 12.9. The monoisotopic (exact) mass is 289 g/mol. The number of carbonyl (C=O) groups is 1. The Morgan fingerprint density at radius 1 is 1.38 bits per heavy atom. The lowest BCUT2D eigenvalue weighted by Gasteiger charge is -2.27. The summed E-state index contributed by atoms with van der Waals surface area (Å²) in [7, 11) is 0. The normalized spacial score (nSPS) is 19.8. The van der Waals surface area contributed by atoms with E-state index in [1.807, 2.05) is 29.2 Å². The molecule has 1 heterocycles. The van der Waals surface area contributed by atoms with Gasteiger partial charge in [0.2, 0.25) is 5.91 Å². The molecule has 1 aliphatic heterocycles. The topological polar surface area (TPSA) is 40.5 Å². The molecule has 1 N–H and O–H groups in total. The van der Waals surface area contributed by atoms with E-state index in [4.69, 9.17) is 0 Å². The Kier molecular flexibility index (Phi) is 5.80. The van der Waals surface area contributed by atoms with Gasteiger partial charge >= 0.3 is 0 Å². The molecule has 1 aliphatic rings. The van der Waals surface area contributed by atoms with Crippen molar-refractivity contribution in [1.29, 1.82) is 0 Å². The van der Waals surface area contributed by atoms with Crippen molar-refractivity contribution in [2.45, 2.75) is 58.5 Å². The summed E-state index contributed by atoms with van der Waals surface area (Å²) in [6, 6.07) is 7.79. The van der Waals surface area contributed by atoms with Crippen LogP contribution in [0, 0.1) is 5.92 Å². The SMILES string of the molecule is CCCCC(CC)C(=O)N1CCCC(O)c2ccccc21. The maximum absolute atomic E-state index is 12.9. The third-order valence-electron chi connectivity index (χ3n) is 4.46. The number of anilines is 1. The molecule has 0 spiro atoms. The fraction of sp³-hybridized carbons (Fsp3) is 0.611. The van der Waals surface area contributed by atoms with Gasteiger partial charge < -0.3 is 10.0 Å². The Hall–Kier alpha value is -1.35. The van der Waals surface area contributed by atoms with E-state index < -0.39 is 6.10 Å². The van der Waals surface area contributed by atoms with Crippen LogP contribution in [0.15, 0.2) is 24.3 Å². The molecule has 1 aromatic rings. The number of para-hydroxylation sites is 1. The number of carbonyl (C=O) groups excluding carboxylic acids is 1. The standard InChI is InChI=1S/C18H27NO2/c1-3-5-9-14(4-2)18(21)19-13-8-12-17(20)15-10-6-7-11-16(15)19/h6-7,10-11,14,17,20H,3-5,8-9,12-13H2,1-2H3. The quantitative estimate of drug-likeness (QED) is 0.888. The van der Waals surface area contributed by atoms with Gasteiger partial charge in [-0.2, -0.15) is 0 Å². The number of unbranched alkanes of at least 4 members (excludes halogenated alkanes) is 1. The van der Waals surface area contributed by atoms with Gasteiger partial charge in [0.25, 0.3) is 0 Å². The summed E-state index contributed by atoms with van der Waals surface area (Å²) in [5.74, 6) is 0.334. The van der Waals surface area contributed by atoms with Gasteiger partial charge in [0, 0.05) is 23.7 Å². The Morgan fingerprint density at radius 3 is 2.86 bits per heavy atom. The van der Waals surface area contributed by atoms with E-state index in [0.29, 0.717) is 0 Å². The molecule has 2 atom stereocenters. The van der Waals surface area contributed by atoms with E-state index in [1.54, 1.807) is 0 Å². The molecule has 3 nitrogen and oxygen atoms in total. The van der Waals surface area contributed by atoms with Crippen LogP contribution in [0.4, 0.5) is 5.69 Å². The molecule has 1 amide bonds. The molecule has 0 radical (unpaired) electrons. The van der Waals surface area contributed by atoms with Gasteiger partial charge in [-0.15, -0.1) is 0 Å². The average Bonchev–Trinajstić information content (AvgIpc) is 2.67. The highest BCUT2D eigenvalue weighted by molar-refractivity contribution is 5.96. The third kappa shape index (κ3) is 3.65. The molecule has 2 unspecified atom stereocenters. The van der Waals surface area contributed by atoms with Crippen molar-refractivity contribution in [3.05, 3.63) is 29.8 Å². The van der Waals surface area contributed by atoms with E-state index in [2.05, 4.69) is 13.8 Å². The zero-order valence-corrected chi connectivity index (χ0v) is 13.2. The molecular weight excluding hydrogens is 262 g/mol. The third-order valence-corrected chi connectivity index (χ3v) is 4.46. The first-order valence-electron chi connectivity index (χ1n) is 8.27. The molecule has 0 fully saturated rings. The lowest BCUT2D eigenvalue weighted by atomic mass is 9.97. The van der Waals surface area contributed by atoms with E-state index in [1.165, 1.54) is 0 Å². The molecule has 2 rings (SSSR count). The minimum Gasteiger partial charge on any atom is -0.388 e. The van der Waals surface area contributed by atoms with Crippen LogP contribution in [-0.4, -0.2) is 17.6 Å². The molecule has 3 heteroatoms. The van der Waals surface area contributed by atoms with Gasteiger partial charge in [0.15, 0.2) is 0 Å². The summed E-state index contributed by atoms with van der Waals surface area (Å²) < 4.78 is 0. The van der Waals surface area contributed by atoms with Gasteiger partial charge in [0.1, 0.15) is 0 Å². The summed E-state index contributed by atoms with van der Waals surface area (Å²) in [5, 5.41) is 10.2. The van der Waals surface area contributed by atoms with E-state index in [9.17, 15) is 9.90 Å². The van der Waals surface area contributed by atoms with Crippen molar-refractivity contribution >= 4 is 11.6 Å². The zero-order valence-electron chi connectivity index (χ0n) is 13.2. The van der Waals surface area contributed by atoms with Gasteiger partial charge in [-0.05, 0) is 31.7 Å². The van der Waals surface area contributed by atoms with Crippen molar-refractivity contribution in [2.24, 2.45) is 5.92 Å². The van der Waals surface area contributed by atoms with Gasteiger partial charge in [-0.1, -0.05) is 44.9 Å². The first-order chi connectivity index (χ1) is 10.2. The largest absolute Gasteiger partial charge is 0.388 e. The van der Waals surface area contributed by atoms with Crippen molar-refractivity contribution in [3.63, 3.8) is 0 Å². The minimum atomic E-state index is -0.449. The molecular formula is C18H27NO2. The molecule has 116 valence electrons. The first-order valence-corrected chi connectivity index (χ1v) is 8.27. The van der Waals surface area contributed by atoms with Crippen molar-refractivity contribution in [3.8, 4) is 0 Å². The van der Waals surface area contributed by atoms with Crippen molar-refractivity contribution in [2.75, 3.05) is 11.4 Å². The lowest BCUT2D eigenvalue weighted by molar-refractivity contribution is -0.122. The van der Waals surface area contributed by atoms with Gasteiger partial charge in [-0.25, -0.2) is 0 Å². The Bertz CT molecular complexity index is 472. The number of hydrogen-bond acceptors (Lipinski definition) is 2. The minimum absolute atomic E-state index is 0.105. The Labute approximate surface area is 128 Å². The summed E-state index contributed by atoms with van der Waals surface area (Å²) in [6.45, 7) is 4.97. The van der Waals surface area contributed by atoms with E-state index in [0.717, 1.165) is 56.3 Å². The van der Waals surface area contributed by atoms with Crippen LogP contribution in [0.5, 0.6) is 0 Å². The number of hydrogen-bond donors (Lipinski definition) is 1. The van der Waals surface area contributed by atoms with Gasteiger partial charge in [-0.3, -0.25) is 4.79 Å². The molecule has 0 bridgehead atoms. The predicted octanol–water partition coefficient (Wildman–Crippen LogP) is 4.06. The highest BCUT2D eigenvalue weighted by Crippen LogP contribution is 2.34. The number of aliphatic hydroxyl groups excluding tert-OH is 1. The predicted molar refractivity (Wildman–Crippen MR) is 86.3 cm³/mol. The van der Waals surface area contributed by atoms with Gasteiger partial charge in [0.05, 0.1) is 6.10 Å². The average molecular weight is 289 g/mol. The number of nitrogens with zero attached hydrogens (tertiary/aromatic N) is 1. The molecule has 0 saturated heterocycles. The molecule has 0 saturated carbocycles. The lowest BCUT2D eigenvalue weighted by Crippen LogP contribution is -2.36. The molecule has 0 aliphatic carbocycles. The van der Waals surface area contributed by atoms with Crippen LogP contribution in [0.3, 0.4) is 0 Å². The summed E-state index contributed by atoms with van der Waals surface area (Å²) in [5.41, 5.74) is 1.80. The number of fused-ring (bicyclic) bond motifs is 1. The zero-order chi connectivity index (χ0) is 15.2. The van der Waals surface area contributed by atoms with Crippen LogP contribution in [0.25, 0.3) is 0 Å². The van der Waals surface area contributed by atoms with Crippen molar-refractivity contribution in [1.82, 2.24) is 0 Å². The summed E-state index contributed by atoms with van der Waals surface area (Å²) in [4.78, 5) is 14.8. The Morgan fingerprint density at radius 2 is 2.14 bits per heavy atom. The number of amides is 1.